The Labute approximate surface area is 172 Å². The molecule has 0 aliphatic carbocycles. The van der Waals surface area contributed by atoms with Crippen LogP contribution in [-0.4, -0.2) is 50.1 Å². The molecule has 9 heteroatoms. The molecule has 0 radical (unpaired) electrons. The van der Waals surface area contributed by atoms with Crippen molar-refractivity contribution in [2.45, 2.75) is 19.5 Å². The summed E-state index contributed by atoms with van der Waals surface area (Å²) in [5, 5.41) is 9.28. The summed E-state index contributed by atoms with van der Waals surface area (Å²) >= 11 is 1.58. The number of imidazole rings is 1. The molecule has 0 bridgehead atoms. The van der Waals surface area contributed by atoms with Crippen molar-refractivity contribution in [3.8, 4) is 27.0 Å². The van der Waals surface area contributed by atoms with Crippen LogP contribution in [0.4, 0.5) is 0 Å². The molecule has 4 rings (SSSR count). The van der Waals surface area contributed by atoms with Gasteiger partial charge in [-0.3, -0.25) is 0 Å². The molecule has 8 nitrogen and oxygen atoms in total. The molecule has 0 aliphatic rings. The van der Waals surface area contributed by atoms with E-state index in [9.17, 15) is 0 Å². The van der Waals surface area contributed by atoms with Crippen molar-refractivity contribution in [2.24, 2.45) is 0 Å². The Morgan fingerprint density at radius 1 is 1.17 bits per heavy atom. The lowest BCUT2D eigenvalue weighted by Crippen LogP contribution is -2.15. The first kappa shape index (κ1) is 19.3. The first-order valence-corrected chi connectivity index (χ1v) is 10.0. The number of nitrogens with zero attached hydrogens (tertiary/aromatic N) is 6. The number of aromatic nitrogens is 6. The van der Waals surface area contributed by atoms with Crippen LogP contribution in [0.15, 0.2) is 49.2 Å². The van der Waals surface area contributed by atoms with Gasteiger partial charge in [-0.05, 0) is 19.1 Å². The summed E-state index contributed by atoms with van der Waals surface area (Å²) in [6, 6.07) is 7.84. The highest BCUT2D eigenvalue weighted by Crippen LogP contribution is 2.36. The fraction of sp³-hybridized carbons (Fsp3) is 0.300. The van der Waals surface area contributed by atoms with E-state index in [4.69, 9.17) is 9.47 Å². The number of ether oxygens (including phenoxy) is 2. The van der Waals surface area contributed by atoms with Crippen LogP contribution in [0.1, 0.15) is 18.8 Å². The normalized spacial score (nSPS) is 12.2. The van der Waals surface area contributed by atoms with Gasteiger partial charge in [-0.15, -0.1) is 21.5 Å². The third kappa shape index (κ3) is 3.79. The molecule has 1 aromatic carbocycles. The average molecular weight is 411 g/mol. The Balaban J connectivity index is 1.65. The Kier molecular flexibility index (Phi) is 5.68. The number of para-hydroxylation sites is 1. The molecular weight excluding hydrogens is 388 g/mol. The Bertz CT molecular complexity index is 1090. The van der Waals surface area contributed by atoms with Crippen molar-refractivity contribution >= 4 is 11.3 Å². The molecule has 1 atom stereocenters. The predicted molar refractivity (Wildman–Crippen MR) is 111 cm³/mol. The number of benzene rings is 1. The van der Waals surface area contributed by atoms with Gasteiger partial charge in [0.1, 0.15) is 17.1 Å². The van der Waals surface area contributed by atoms with Gasteiger partial charge in [0.15, 0.2) is 11.6 Å². The van der Waals surface area contributed by atoms with Gasteiger partial charge in [-0.1, -0.05) is 12.1 Å². The molecule has 0 N–H and O–H groups in total. The van der Waals surface area contributed by atoms with E-state index >= 15 is 0 Å². The monoisotopic (exact) mass is 410 g/mol. The SMILES string of the molecule is COCCn1cnnc1C(C)n1ccnc1-c1cnc(-c2ccccc2OC)s1. The number of hydrogen-bond acceptors (Lipinski definition) is 7. The lowest BCUT2D eigenvalue weighted by Gasteiger charge is -2.16. The summed E-state index contributed by atoms with van der Waals surface area (Å²) in [4.78, 5) is 10.2. The lowest BCUT2D eigenvalue weighted by molar-refractivity contribution is 0.185. The number of methoxy groups -OCH3 is 2. The minimum Gasteiger partial charge on any atom is -0.496 e. The zero-order valence-electron chi connectivity index (χ0n) is 16.5. The molecule has 3 aromatic heterocycles. The van der Waals surface area contributed by atoms with E-state index < -0.39 is 0 Å². The lowest BCUT2D eigenvalue weighted by atomic mass is 10.2. The van der Waals surface area contributed by atoms with E-state index in [1.165, 1.54) is 0 Å². The molecule has 0 spiro atoms. The fourth-order valence-electron chi connectivity index (χ4n) is 3.21. The molecule has 4 aromatic rings. The number of rotatable bonds is 8. The smallest absolute Gasteiger partial charge is 0.155 e. The molecule has 1 unspecified atom stereocenters. The van der Waals surface area contributed by atoms with Gasteiger partial charge in [-0.2, -0.15) is 0 Å². The minimum atomic E-state index is -0.0383. The molecule has 150 valence electrons. The summed E-state index contributed by atoms with van der Waals surface area (Å²) in [7, 11) is 3.35. The summed E-state index contributed by atoms with van der Waals surface area (Å²) < 4.78 is 14.8. The topological polar surface area (TPSA) is 79.9 Å². The van der Waals surface area contributed by atoms with Crippen LogP contribution in [0, 0.1) is 0 Å². The second kappa shape index (κ2) is 8.54. The zero-order chi connectivity index (χ0) is 20.2. The van der Waals surface area contributed by atoms with Crippen LogP contribution < -0.4 is 4.74 Å². The fourth-order valence-corrected chi connectivity index (χ4v) is 4.16. The van der Waals surface area contributed by atoms with E-state index in [0.717, 1.165) is 32.8 Å². The van der Waals surface area contributed by atoms with Crippen LogP contribution in [0.25, 0.3) is 21.3 Å². The van der Waals surface area contributed by atoms with Crippen molar-refractivity contribution in [3.05, 3.63) is 55.0 Å². The first-order valence-electron chi connectivity index (χ1n) is 9.22. The van der Waals surface area contributed by atoms with Gasteiger partial charge in [0, 0.05) is 32.2 Å². The van der Waals surface area contributed by atoms with Crippen LogP contribution in [-0.2, 0) is 11.3 Å². The second-order valence-corrected chi connectivity index (χ2v) is 7.47. The zero-order valence-corrected chi connectivity index (χ0v) is 17.3. The molecule has 0 saturated heterocycles. The highest BCUT2D eigenvalue weighted by atomic mass is 32.1. The van der Waals surface area contributed by atoms with Crippen molar-refractivity contribution in [2.75, 3.05) is 20.8 Å². The van der Waals surface area contributed by atoms with E-state index in [2.05, 4.69) is 31.7 Å². The Morgan fingerprint density at radius 2 is 2.03 bits per heavy atom. The average Bonchev–Trinajstić information content (AvgIpc) is 3.51. The van der Waals surface area contributed by atoms with Crippen molar-refractivity contribution < 1.29 is 9.47 Å². The van der Waals surface area contributed by atoms with Gasteiger partial charge in [0.2, 0.25) is 0 Å². The van der Waals surface area contributed by atoms with Gasteiger partial charge >= 0.3 is 0 Å². The third-order valence-electron chi connectivity index (χ3n) is 4.70. The van der Waals surface area contributed by atoms with Crippen molar-refractivity contribution in [1.82, 2.24) is 29.3 Å². The van der Waals surface area contributed by atoms with Gasteiger partial charge in [0.05, 0.1) is 30.2 Å². The van der Waals surface area contributed by atoms with E-state index in [1.54, 1.807) is 38.1 Å². The van der Waals surface area contributed by atoms with Crippen molar-refractivity contribution in [1.29, 1.82) is 0 Å². The standard InChI is InChI=1S/C20H22N6O2S/c1-14(18-24-23-13-25(18)10-11-27-2)26-9-8-21-19(26)17-12-22-20(29-17)15-6-4-5-7-16(15)28-3/h4-9,12-14H,10-11H2,1-3H3. The molecule has 0 aliphatic heterocycles. The molecular formula is C20H22N6O2S. The maximum atomic E-state index is 5.47. The molecule has 3 heterocycles. The number of hydrogen-bond donors (Lipinski definition) is 0. The van der Waals surface area contributed by atoms with Crippen LogP contribution in [0.3, 0.4) is 0 Å². The van der Waals surface area contributed by atoms with Gasteiger partial charge in [-0.25, -0.2) is 9.97 Å². The predicted octanol–water partition coefficient (Wildman–Crippen LogP) is 3.53. The maximum absolute atomic E-state index is 5.47. The minimum absolute atomic E-state index is 0.0383. The molecule has 0 saturated carbocycles. The maximum Gasteiger partial charge on any atom is 0.155 e. The summed E-state index contributed by atoms with van der Waals surface area (Å²) in [6.45, 7) is 3.39. The highest BCUT2D eigenvalue weighted by Gasteiger charge is 2.20. The molecule has 29 heavy (non-hydrogen) atoms. The molecule has 0 amide bonds. The second-order valence-electron chi connectivity index (χ2n) is 6.44. The molecule has 0 fully saturated rings. The highest BCUT2D eigenvalue weighted by molar-refractivity contribution is 7.18. The van der Waals surface area contributed by atoms with Crippen LogP contribution >= 0.6 is 11.3 Å². The summed E-state index contributed by atoms with van der Waals surface area (Å²) in [5.41, 5.74) is 0.969. The van der Waals surface area contributed by atoms with Crippen molar-refractivity contribution in [3.63, 3.8) is 0 Å². The van der Waals surface area contributed by atoms with Crippen LogP contribution in [0.5, 0.6) is 5.75 Å². The summed E-state index contributed by atoms with van der Waals surface area (Å²) in [5.74, 6) is 2.50. The van der Waals surface area contributed by atoms with E-state index in [-0.39, 0.29) is 6.04 Å². The first-order chi connectivity index (χ1) is 14.2. The van der Waals surface area contributed by atoms with Gasteiger partial charge in [0.25, 0.3) is 0 Å². The van der Waals surface area contributed by atoms with E-state index in [1.807, 2.05) is 41.2 Å². The van der Waals surface area contributed by atoms with E-state index in [0.29, 0.717) is 13.2 Å². The Hall–Kier alpha value is -3.04. The largest absolute Gasteiger partial charge is 0.496 e. The van der Waals surface area contributed by atoms with Crippen LogP contribution in [0.2, 0.25) is 0 Å². The number of thiazole rings is 1. The quantitative estimate of drug-likeness (QED) is 0.442. The third-order valence-corrected chi connectivity index (χ3v) is 5.73. The van der Waals surface area contributed by atoms with Gasteiger partial charge < -0.3 is 18.6 Å². The summed E-state index contributed by atoms with van der Waals surface area (Å²) in [6.07, 6.45) is 7.34. The Morgan fingerprint density at radius 3 is 2.86 bits per heavy atom.